The van der Waals surface area contributed by atoms with Gasteiger partial charge in [0.15, 0.2) is 0 Å². The first-order valence-corrected chi connectivity index (χ1v) is 10.0. The topological polar surface area (TPSA) is 62.7 Å². The molecule has 0 N–H and O–H groups in total. The molecule has 4 aliphatic rings. The van der Waals surface area contributed by atoms with E-state index in [9.17, 15) is 9.59 Å². The fourth-order valence-corrected chi connectivity index (χ4v) is 5.19. The Labute approximate surface area is 159 Å². The van der Waals surface area contributed by atoms with Gasteiger partial charge in [-0.1, -0.05) is 12.2 Å². The summed E-state index contributed by atoms with van der Waals surface area (Å²) >= 11 is 0. The van der Waals surface area contributed by atoms with Gasteiger partial charge in [0.1, 0.15) is 5.60 Å². The number of hydrogen-bond donors (Lipinski definition) is 0. The molecular weight excluding hydrogens is 342 g/mol. The molecule has 142 valence electrons. The second kappa shape index (κ2) is 6.44. The van der Waals surface area contributed by atoms with Crippen LogP contribution in [0.15, 0.2) is 36.7 Å². The predicted molar refractivity (Wildman–Crippen MR) is 98.7 cm³/mol. The van der Waals surface area contributed by atoms with Gasteiger partial charge in [0.05, 0.1) is 24.5 Å². The monoisotopic (exact) mass is 367 g/mol. The quantitative estimate of drug-likeness (QED) is 0.755. The van der Waals surface area contributed by atoms with E-state index in [0.717, 1.165) is 37.9 Å². The number of hydrogen-bond acceptors (Lipinski definition) is 4. The third kappa shape index (κ3) is 2.69. The van der Waals surface area contributed by atoms with Crippen LogP contribution in [0.1, 0.15) is 24.8 Å². The Bertz CT molecular complexity index is 774. The van der Waals surface area contributed by atoms with Gasteiger partial charge in [-0.25, -0.2) is 0 Å². The maximum atomic E-state index is 13.2. The maximum Gasteiger partial charge on any atom is 0.230 e. The Hall–Kier alpha value is -2.21. The lowest BCUT2D eigenvalue weighted by Crippen LogP contribution is -2.47. The molecule has 4 atom stereocenters. The molecule has 3 fully saturated rings. The van der Waals surface area contributed by atoms with Gasteiger partial charge in [0, 0.05) is 32.0 Å². The van der Waals surface area contributed by atoms with Crippen LogP contribution in [0.4, 0.5) is 0 Å². The van der Waals surface area contributed by atoms with Crippen molar-refractivity contribution in [2.45, 2.75) is 37.4 Å². The number of ether oxygens (including phenoxy) is 1. The fraction of sp³-hybridized carbons (Fsp3) is 0.571. The number of aromatic nitrogens is 1. The van der Waals surface area contributed by atoms with Crippen LogP contribution in [0.2, 0.25) is 0 Å². The van der Waals surface area contributed by atoms with Crippen LogP contribution in [0.5, 0.6) is 0 Å². The van der Waals surface area contributed by atoms with E-state index >= 15 is 0 Å². The lowest BCUT2D eigenvalue weighted by molar-refractivity contribution is -0.143. The molecule has 4 aliphatic heterocycles. The standard InChI is InChI=1S/C21H25N3O3/c25-19(23-11-2-1-3-12-23)17-16-4-8-21(27-16)14-24(20(26)18(17)21)13-7-15-5-9-22-10-6-15/h4-6,8-10,16-18H,1-3,7,11-14H2/t16-,17-,18+,21-/m0/s1. The number of nitrogens with zero attached hydrogens (tertiary/aromatic N) is 3. The number of pyridine rings is 1. The molecule has 0 radical (unpaired) electrons. The highest BCUT2D eigenvalue weighted by Crippen LogP contribution is 2.52. The van der Waals surface area contributed by atoms with E-state index in [1.54, 1.807) is 12.4 Å². The molecule has 6 nitrogen and oxygen atoms in total. The summed E-state index contributed by atoms with van der Waals surface area (Å²) in [5.41, 5.74) is 0.560. The van der Waals surface area contributed by atoms with Gasteiger partial charge >= 0.3 is 0 Å². The van der Waals surface area contributed by atoms with E-state index in [2.05, 4.69) is 4.98 Å². The molecule has 2 bridgehead atoms. The van der Waals surface area contributed by atoms with Gasteiger partial charge in [0.25, 0.3) is 0 Å². The largest absolute Gasteiger partial charge is 0.360 e. The zero-order chi connectivity index (χ0) is 18.4. The smallest absolute Gasteiger partial charge is 0.230 e. The summed E-state index contributed by atoms with van der Waals surface area (Å²) in [5.74, 6) is -0.530. The first kappa shape index (κ1) is 16.9. The van der Waals surface area contributed by atoms with E-state index < -0.39 is 5.60 Å². The summed E-state index contributed by atoms with van der Waals surface area (Å²) < 4.78 is 6.23. The van der Waals surface area contributed by atoms with Crippen molar-refractivity contribution in [3.05, 3.63) is 42.2 Å². The molecule has 2 amide bonds. The van der Waals surface area contributed by atoms with Crippen LogP contribution in [0.3, 0.4) is 0 Å². The Morgan fingerprint density at radius 2 is 2.00 bits per heavy atom. The molecule has 5 heterocycles. The number of amides is 2. The van der Waals surface area contributed by atoms with Crippen molar-refractivity contribution in [1.29, 1.82) is 0 Å². The average molecular weight is 367 g/mol. The van der Waals surface area contributed by atoms with Crippen LogP contribution in [0, 0.1) is 11.8 Å². The Morgan fingerprint density at radius 3 is 2.78 bits per heavy atom. The molecule has 1 aromatic heterocycles. The maximum absolute atomic E-state index is 13.2. The number of rotatable bonds is 4. The van der Waals surface area contributed by atoms with Crippen LogP contribution in [-0.2, 0) is 20.7 Å². The highest BCUT2D eigenvalue weighted by atomic mass is 16.5. The third-order valence-corrected chi connectivity index (χ3v) is 6.55. The summed E-state index contributed by atoms with van der Waals surface area (Å²) in [4.78, 5) is 34.3. The molecule has 3 saturated heterocycles. The number of carbonyl (C=O) groups is 2. The first-order valence-electron chi connectivity index (χ1n) is 10.0. The summed E-state index contributed by atoms with van der Waals surface area (Å²) in [7, 11) is 0. The zero-order valence-electron chi connectivity index (χ0n) is 15.4. The van der Waals surface area contributed by atoms with Crippen LogP contribution >= 0.6 is 0 Å². The van der Waals surface area contributed by atoms with Crippen LogP contribution < -0.4 is 0 Å². The number of fused-ring (bicyclic) bond motifs is 1. The Morgan fingerprint density at radius 1 is 1.22 bits per heavy atom. The van der Waals surface area contributed by atoms with Gasteiger partial charge in [0.2, 0.25) is 11.8 Å². The molecule has 6 heteroatoms. The normalized spacial score (nSPS) is 34.4. The molecule has 0 saturated carbocycles. The van der Waals surface area contributed by atoms with Gasteiger partial charge in [-0.3, -0.25) is 14.6 Å². The minimum absolute atomic E-state index is 0.0752. The number of piperidine rings is 1. The number of carbonyl (C=O) groups excluding carboxylic acids is 2. The molecule has 5 rings (SSSR count). The second-order valence-electron chi connectivity index (χ2n) is 8.15. The second-order valence-corrected chi connectivity index (χ2v) is 8.15. The minimum atomic E-state index is -0.601. The molecule has 1 aromatic rings. The van der Waals surface area contributed by atoms with E-state index in [-0.39, 0.29) is 29.8 Å². The lowest BCUT2D eigenvalue weighted by atomic mass is 9.76. The van der Waals surface area contributed by atoms with Crippen LogP contribution in [-0.4, -0.2) is 64.5 Å². The fourth-order valence-electron chi connectivity index (χ4n) is 5.19. The minimum Gasteiger partial charge on any atom is -0.360 e. The van der Waals surface area contributed by atoms with Gasteiger partial charge in [-0.2, -0.15) is 0 Å². The van der Waals surface area contributed by atoms with Crippen molar-refractivity contribution in [2.75, 3.05) is 26.2 Å². The van der Waals surface area contributed by atoms with E-state index in [0.29, 0.717) is 13.1 Å². The highest BCUT2D eigenvalue weighted by Gasteiger charge is 2.67. The van der Waals surface area contributed by atoms with Gasteiger partial charge in [-0.15, -0.1) is 0 Å². The molecule has 0 unspecified atom stereocenters. The first-order chi connectivity index (χ1) is 13.2. The van der Waals surface area contributed by atoms with Crippen molar-refractivity contribution in [3.63, 3.8) is 0 Å². The predicted octanol–water partition coefficient (Wildman–Crippen LogP) is 1.42. The third-order valence-electron chi connectivity index (χ3n) is 6.55. The lowest BCUT2D eigenvalue weighted by Gasteiger charge is -2.32. The summed E-state index contributed by atoms with van der Waals surface area (Å²) in [6, 6.07) is 3.95. The summed E-state index contributed by atoms with van der Waals surface area (Å²) in [6.07, 6.45) is 11.4. The Kier molecular flexibility index (Phi) is 4.04. The SMILES string of the molecule is O=C([C@H]1[C@@H]2C=C[C@@]3(CN(CCc4ccncc4)C(=O)[C@@H]13)O2)N1CCCCC1. The highest BCUT2D eigenvalue weighted by molar-refractivity contribution is 5.93. The van der Waals surface area contributed by atoms with Gasteiger partial charge < -0.3 is 14.5 Å². The van der Waals surface area contributed by atoms with Crippen molar-refractivity contribution in [2.24, 2.45) is 11.8 Å². The number of likely N-dealkylation sites (tertiary alicyclic amines) is 2. The van der Waals surface area contributed by atoms with E-state index in [1.807, 2.05) is 34.1 Å². The van der Waals surface area contributed by atoms with E-state index in [4.69, 9.17) is 4.74 Å². The van der Waals surface area contributed by atoms with Crippen molar-refractivity contribution >= 4 is 11.8 Å². The van der Waals surface area contributed by atoms with Crippen molar-refractivity contribution in [3.8, 4) is 0 Å². The zero-order valence-corrected chi connectivity index (χ0v) is 15.4. The average Bonchev–Trinajstić information content (AvgIpc) is 3.35. The summed E-state index contributed by atoms with van der Waals surface area (Å²) in [5, 5.41) is 0. The van der Waals surface area contributed by atoms with E-state index in [1.165, 1.54) is 6.42 Å². The summed E-state index contributed by atoms with van der Waals surface area (Å²) in [6.45, 7) is 2.82. The van der Waals surface area contributed by atoms with Crippen molar-refractivity contribution in [1.82, 2.24) is 14.8 Å². The molecule has 0 aliphatic carbocycles. The molecule has 0 aromatic carbocycles. The molecule has 27 heavy (non-hydrogen) atoms. The Balaban J connectivity index is 1.33. The van der Waals surface area contributed by atoms with Gasteiger partial charge in [-0.05, 0) is 43.4 Å². The molecular formula is C21H25N3O3. The van der Waals surface area contributed by atoms with Crippen LogP contribution in [0.25, 0.3) is 0 Å². The molecule has 1 spiro atoms. The van der Waals surface area contributed by atoms with Crippen molar-refractivity contribution < 1.29 is 14.3 Å².